The Morgan fingerprint density at radius 2 is 2.29 bits per heavy atom. The molecule has 0 aromatic carbocycles. The first-order chi connectivity index (χ1) is 10.0. The van der Waals surface area contributed by atoms with Gasteiger partial charge in [0.15, 0.2) is 11.5 Å². The van der Waals surface area contributed by atoms with Gasteiger partial charge in [-0.3, -0.25) is 4.57 Å². The third-order valence-corrected chi connectivity index (χ3v) is 4.90. The molecule has 11 heteroatoms. The van der Waals surface area contributed by atoms with E-state index in [9.17, 15) is 9.67 Å². The molecule has 0 aliphatic carbocycles. The van der Waals surface area contributed by atoms with E-state index >= 15 is 0 Å². The summed E-state index contributed by atoms with van der Waals surface area (Å²) in [5.74, 6) is 0.487. The van der Waals surface area contributed by atoms with Crippen molar-refractivity contribution in [2.45, 2.75) is 18.8 Å². The number of nitrogen functional groups attached to an aromatic ring is 1. The minimum absolute atomic E-state index is 0.179. The number of ether oxygens (including phenoxy) is 1. The number of aromatic nitrogens is 4. The molecule has 2 aromatic heterocycles. The number of methoxy groups -OCH3 is 1. The van der Waals surface area contributed by atoms with E-state index in [1.165, 1.54) is 19.8 Å². The molecule has 3 atom stereocenters. The molecule has 4 N–H and O–H groups in total. The summed E-state index contributed by atoms with van der Waals surface area (Å²) in [4.78, 5) is 20.9. The molecule has 0 bridgehead atoms. The van der Waals surface area contributed by atoms with E-state index in [4.69, 9.17) is 15.4 Å². The molecule has 0 spiro atoms. The zero-order chi connectivity index (χ0) is 15.4. The van der Waals surface area contributed by atoms with Gasteiger partial charge in [-0.2, -0.15) is 0 Å². The van der Waals surface area contributed by atoms with E-state index in [2.05, 4.69) is 15.0 Å². The van der Waals surface area contributed by atoms with Gasteiger partial charge in [-0.05, 0) is 0 Å². The van der Waals surface area contributed by atoms with E-state index in [1.807, 2.05) is 0 Å². The van der Waals surface area contributed by atoms with Crippen LogP contribution in [0.25, 0.3) is 11.2 Å². The number of nitrogens with two attached hydrogens (primary N) is 1. The SMILES string of the molecule is CO[C@H](CS[PH](=O)O)[C@@H](O)Cn1cnc2c(N)ncnc21. The summed E-state index contributed by atoms with van der Waals surface area (Å²) in [5.41, 5.74) is 6.67. The molecule has 0 saturated heterocycles. The lowest BCUT2D eigenvalue weighted by Crippen LogP contribution is -2.33. The van der Waals surface area contributed by atoms with Crippen molar-refractivity contribution >= 4 is 35.6 Å². The molecule has 21 heavy (non-hydrogen) atoms. The third-order valence-electron chi connectivity index (χ3n) is 2.92. The number of aliphatic hydroxyl groups is 1. The lowest BCUT2D eigenvalue weighted by atomic mass is 10.2. The number of hydrogen-bond donors (Lipinski definition) is 3. The van der Waals surface area contributed by atoms with Crippen LogP contribution in [-0.4, -0.2) is 54.6 Å². The van der Waals surface area contributed by atoms with E-state index in [-0.39, 0.29) is 18.1 Å². The largest absolute Gasteiger partial charge is 0.389 e. The van der Waals surface area contributed by atoms with Crippen molar-refractivity contribution in [3.05, 3.63) is 12.7 Å². The van der Waals surface area contributed by atoms with Crippen LogP contribution in [0.4, 0.5) is 5.82 Å². The second-order valence-electron chi connectivity index (χ2n) is 4.25. The number of aliphatic hydroxyl groups excluding tert-OH is 1. The highest BCUT2D eigenvalue weighted by atomic mass is 32.7. The zero-order valence-electron chi connectivity index (χ0n) is 11.2. The summed E-state index contributed by atoms with van der Waals surface area (Å²) in [6.07, 6.45) is 1.38. The minimum atomic E-state index is -2.65. The Labute approximate surface area is 125 Å². The number of fused-ring (bicyclic) bond motifs is 1. The summed E-state index contributed by atoms with van der Waals surface area (Å²) in [6, 6.07) is 0. The van der Waals surface area contributed by atoms with Crippen molar-refractivity contribution in [3.8, 4) is 0 Å². The number of hydrogen-bond acceptors (Lipinski definition) is 8. The topological polar surface area (TPSA) is 136 Å². The van der Waals surface area contributed by atoms with Crippen LogP contribution in [0.5, 0.6) is 0 Å². The standard InChI is InChI=1S/C10H16N5O4PS/c1-19-7(3-21-20(17)18)6(16)2-15-5-14-8-9(11)12-4-13-10(8)15/h4-7,16,20H,2-3H2,1H3,(H,17,18)(H2,11,12,13)/t6-,7+/m0/s1. The molecule has 1 unspecified atom stereocenters. The predicted molar refractivity (Wildman–Crippen MR) is 80.2 cm³/mol. The van der Waals surface area contributed by atoms with Crippen LogP contribution in [0, 0.1) is 0 Å². The van der Waals surface area contributed by atoms with Crippen molar-refractivity contribution in [2.24, 2.45) is 0 Å². The number of anilines is 1. The monoisotopic (exact) mass is 333 g/mol. The highest BCUT2D eigenvalue weighted by Gasteiger charge is 2.21. The summed E-state index contributed by atoms with van der Waals surface area (Å²) >= 11 is 0.857. The van der Waals surface area contributed by atoms with E-state index in [0.717, 1.165) is 11.4 Å². The number of imidazole rings is 1. The van der Waals surface area contributed by atoms with Gasteiger partial charge in [-0.1, -0.05) is 11.4 Å². The van der Waals surface area contributed by atoms with Crippen LogP contribution < -0.4 is 5.73 Å². The molecule has 0 saturated carbocycles. The fourth-order valence-electron chi connectivity index (χ4n) is 1.84. The van der Waals surface area contributed by atoms with E-state index < -0.39 is 19.4 Å². The van der Waals surface area contributed by atoms with Gasteiger partial charge in [0.25, 0.3) is 0 Å². The smallest absolute Gasteiger partial charge is 0.243 e. The molecule has 0 aliphatic rings. The van der Waals surface area contributed by atoms with Crippen LogP contribution in [-0.2, 0) is 15.8 Å². The quantitative estimate of drug-likeness (QED) is 0.593. The Kier molecular flexibility index (Phi) is 5.54. The summed E-state index contributed by atoms with van der Waals surface area (Å²) < 4.78 is 17.5. The molecule has 0 radical (unpaired) electrons. The van der Waals surface area contributed by atoms with E-state index in [1.54, 1.807) is 4.57 Å². The highest BCUT2D eigenvalue weighted by Crippen LogP contribution is 2.34. The first kappa shape index (κ1) is 16.2. The third kappa shape index (κ3) is 3.92. The molecule has 116 valence electrons. The molecule has 9 nitrogen and oxygen atoms in total. The lowest BCUT2D eigenvalue weighted by molar-refractivity contribution is -0.00510. The normalized spacial score (nSPS) is 16.0. The summed E-state index contributed by atoms with van der Waals surface area (Å²) in [6.45, 7) is 0.179. The van der Waals surface area contributed by atoms with Crippen molar-refractivity contribution in [2.75, 3.05) is 18.6 Å². The zero-order valence-corrected chi connectivity index (χ0v) is 13.0. The first-order valence-corrected chi connectivity index (χ1v) is 9.07. The predicted octanol–water partition coefficient (Wildman–Crippen LogP) is -0.100. The molecular weight excluding hydrogens is 317 g/mol. The van der Waals surface area contributed by atoms with Gasteiger partial charge in [0.05, 0.1) is 25.1 Å². The molecule has 2 heterocycles. The maximum atomic E-state index is 10.7. The van der Waals surface area contributed by atoms with Crippen LogP contribution in [0.1, 0.15) is 0 Å². The molecular formula is C10H16N5O4PS. The van der Waals surface area contributed by atoms with Gasteiger partial charge in [0.2, 0.25) is 7.23 Å². The Balaban J connectivity index is 2.11. The number of rotatable bonds is 7. The van der Waals surface area contributed by atoms with Crippen molar-refractivity contribution < 1.29 is 19.3 Å². The van der Waals surface area contributed by atoms with Gasteiger partial charge in [0.1, 0.15) is 11.8 Å². The molecule has 0 aliphatic heterocycles. The Hall–Kier alpha value is -1.19. The van der Waals surface area contributed by atoms with Gasteiger partial charge < -0.3 is 25.0 Å². The van der Waals surface area contributed by atoms with E-state index in [0.29, 0.717) is 11.2 Å². The summed E-state index contributed by atoms with van der Waals surface area (Å²) in [5, 5.41) is 10.2. The van der Waals surface area contributed by atoms with Crippen LogP contribution in [0.15, 0.2) is 12.7 Å². The Morgan fingerprint density at radius 1 is 1.52 bits per heavy atom. The number of nitrogens with zero attached hydrogens (tertiary/aromatic N) is 4. The first-order valence-electron chi connectivity index (χ1n) is 6.00. The van der Waals surface area contributed by atoms with Crippen LogP contribution in [0.3, 0.4) is 0 Å². The van der Waals surface area contributed by atoms with Gasteiger partial charge in [0, 0.05) is 12.9 Å². The molecule has 2 aromatic rings. The van der Waals surface area contributed by atoms with Crippen molar-refractivity contribution in [3.63, 3.8) is 0 Å². The maximum Gasteiger partial charge on any atom is 0.243 e. The van der Waals surface area contributed by atoms with Crippen molar-refractivity contribution in [1.29, 1.82) is 0 Å². The van der Waals surface area contributed by atoms with Crippen LogP contribution >= 0.6 is 18.6 Å². The Morgan fingerprint density at radius 3 is 2.95 bits per heavy atom. The van der Waals surface area contributed by atoms with Crippen LogP contribution in [0.2, 0.25) is 0 Å². The minimum Gasteiger partial charge on any atom is -0.389 e. The highest BCUT2D eigenvalue weighted by molar-refractivity contribution is 8.50. The second kappa shape index (κ2) is 7.19. The second-order valence-corrected chi connectivity index (χ2v) is 7.31. The van der Waals surface area contributed by atoms with Gasteiger partial charge >= 0.3 is 0 Å². The average Bonchev–Trinajstić information content (AvgIpc) is 2.84. The molecule has 0 fully saturated rings. The van der Waals surface area contributed by atoms with Gasteiger partial charge in [-0.15, -0.1) is 0 Å². The molecule has 0 amide bonds. The van der Waals surface area contributed by atoms with Crippen molar-refractivity contribution in [1.82, 2.24) is 19.5 Å². The average molecular weight is 333 g/mol. The lowest BCUT2D eigenvalue weighted by Gasteiger charge is -2.21. The van der Waals surface area contributed by atoms with Gasteiger partial charge in [-0.25, -0.2) is 15.0 Å². The molecule has 2 rings (SSSR count). The maximum absolute atomic E-state index is 10.7. The fraction of sp³-hybridized carbons (Fsp3) is 0.500. The fourth-order valence-corrected chi connectivity index (χ4v) is 3.43. The Bertz CT molecular complexity index is 639. The summed E-state index contributed by atoms with van der Waals surface area (Å²) in [7, 11) is -1.21.